The molecule has 2 saturated heterocycles. The molecule has 7 rings (SSSR count). The number of fused-ring (bicyclic) bond motifs is 2. The standard InChI is InChI=1S/C41H52N8O8Si/c1-22(2)34(46-40(52)54-5)38(50)48-15-9-10-28(48)36-42-18-26(44-36)24-11-13-30-32(16-24)56-31-14-12-25(17-33(31)57-30)27-19-43-37(45-27)29-20-58(7,8)21-49(29)39(51)35(23(3)4)47-41(53)55-6/h11-14,16-19,22-23,28-29,34-35H,9-10,15,20-21H2,1-8H3,(H,42,44)(H,43,45)(H,46,52)(H,47,53)/t28-,29-,34-,35-/m0/s1. The van der Waals surface area contributed by atoms with Gasteiger partial charge in [0.25, 0.3) is 0 Å². The van der Waals surface area contributed by atoms with Crippen molar-refractivity contribution in [2.45, 2.75) is 83.8 Å². The number of nitrogens with one attached hydrogen (secondary N) is 4. The second-order valence-electron chi connectivity index (χ2n) is 16.6. The molecule has 4 aromatic rings. The second-order valence-corrected chi connectivity index (χ2v) is 21.7. The Bertz CT molecular complexity index is 2200. The molecule has 0 spiro atoms. The van der Waals surface area contributed by atoms with E-state index < -0.39 is 32.3 Å². The molecule has 4 N–H and O–H groups in total. The molecule has 4 amide bonds. The number of ether oxygens (including phenoxy) is 4. The number of carbonyl (C=O) groups excluding carboxylic acids is 4. The largest absolute Gasteiger partial charge is 0.453 e. The van der Waals surface area contributed by atoms with Crippen LogP contribution in [-0.4, -0.2) is 101 Å². The first-order chi connectivity index (χ1) is 27.7. The van der Waals surface area contributed by atoms with Gasteiger partial charge in [0.1, 0.15) is 23.7 Å². The molecule has 0 aliphatic carbocycles. The summed E-state index contributed by atoms with van der Waals surface area (Å²) >= 11 is 0. The summed E-state index contributed by atoms with van der Waals surface area (Å²) < 4.78 is 22.3. The fraction of sp³-hybridized carbons (Fsp3) is 0.463. The summed E-state index contributed by atoms with van der Waals surface area (Å²) in [5.74, 6) is 2.99. The summed E-state index contributed by atoms with van der Waals surface area (Å²) in [4.78, 5) is 71.5. The third-order valence-electron chi connectivity index (χ3n) is 11.1. The van der Waals surface area contributed by atoms with Crippen LogP contribution in [0.3, 0.4) is 0 Å². The van der Waals surface area contributed by atoms with Crippen LogP contribution in [0.25, 0.3) is 22.5 Å². The molecular formula is C41H52N8O8Si. The Labute approximate surface area is 338 Å². The highest BCUT2D eigenvalue weighted by Crippen LogP contribution is 2.48. The smallest absolute Gasteiger partial charge is 0.407 e. The van der Waals surface area contributed by atoms with Crippen molar-refractivity contribution in [2.24, 2.45) is 11.8 Å². The molecule has 2 fully saturated rings. The monoisotopic (exact) mass is 812 g/mol. The summed E-state index contributed by atoms with van der Waals surface area (Å²) in [5.41, 5.74) is 3.21. The van der Waals surface area contributed by atoms with Crippen LogP contribution in [0.4, 0.5) is 9.59 Å². The van der Waals surface area contributed by atoms with Crippen molar-refractivity contribution in [1.29, 1.82) is 0 Å². The van der Waals surface area contributed by atoms with Gasteiger partial charge in [0, 0.05) is 23.8 Å². The Morgan fingerprint density at radius 1 is 0.741 bits per heavy atom. The van der Waals surface area contributed by atoms with Crippen molar-refractivity contribution in [3.8, 4) is 45.5 Å². The zero-order valence-electron chi connectivity index (χ0n) is 34.2. The number of aromatic amines is 2. The second kappa shape index (κ2) is 16.2. The van der Waals surface area contributed by atoms with Gasteiger partial charge in [0.2, 0.25) is 11.8 Å². The molecule has 17 heteroatoms. The molecule has 3 aliphatic rings. The average Bonchev–Trinajstić information content (AvgIpc) is 4.03. The first-order valence-electron chi connectivity index (χ1n) is 19.7. The number of methoxy groups -OCH3 is 2. The molecule has 0 bridgehead atoms. The lowest BCUT2D eigenvalue weighted by Gasteiger charge is -2.30. The Balaban J connectivity index is 1.05. The molecule has 2 aromatic carbocycles. The Morgan fingerprint density at radius 2 is 1.22 bits per heavy atom. The van der Waals surface area contributed by atoms with Gasteiger partial charge in [0.05, 0.1) is 58.2 Å². The van der Waals surface area contributed by atoms with Gasteiger partial charge in [-0.3, -0.25) is 9.59 Å². The van der Waals surface area contributed by atoms with Crippen LogP contribution in [0.15, 0.2) is 48.8 Å². The number of imidazole rings is 2. The summed E-state index contributed by atoms with van der Waals surface area (Å²) in [6, 6.07) is 10.2. The summed E-state index contributed by atoms with van der Waals surface area (Å²) in [6.45, 7) is 12.7. The molecule has 0 radical (unpaired) electrons. The summed E-state index contributed by atoms with van der Waals surface area (Å²) in [7, 11) is 0.783. The molecule has 308 valence electrons. The van der Waals surface area contributed by atoms with Gasteiger partial charge in [-0.1, -0.05) is 40.8 Å². The quantitative estimate of drug-likeness (QED) is 0.108. The molecule has 2 aromatic heterocycles. The predicted molar refractivity (Wildman–Crippen MR) is 217 cm³/mol. The minimum Gasteiger partial charge on any atom is -0.453 e. The molecule has 5 heterocycles. The number of rotatable bonds is 10. The van der Waals surface area contributed by atoms with Crippen LogP contribution in [0.1, 0.15) is 64.3 Å². The number of likely N-dealkylation sites (tertiary alicyclic amines) is 1. The minimum absolute atomic E-state index is 0.128. The number of benzene rings is 2. The van der Waals surface area contributed by atoms with E-state index >= 15 is 0 Å². The van der Waals surface area contributed by atoms with Crippen molar-refractivity contribution >= 4 is 32.1 Å². The van der Waals surface area contributed by atoms with E-state index in [4.69, 9.17) is 23.9 Å². The number of aromatic nitrogens is 4. The number of hydrogen-bond donors (Lipinski definition) is 4. The summed E-state index contributed by atoms with van der Waals surface area (Å²) in [6.07, 6.45) is 4.46. The zero-order valence-corrected chi connectivity index (χ0v) is 35.2. The highest BCUT2D eigenvalue weighted by atomic mass is 28.3. The summed E-state index contributed by atoms with van der Waals surface area (Å²) in [5, 5.41) is 5.41. The van der Waals surface area contributed by atoms with Gasteiger partial charge in [-0.2, -0.15) is 0 Å². The van der Waals surface area contributed by atoms with Gasteiger partial charge in [-0.15, -0.1) is 0 Å². The first-order valence-corrected chi connectivity index (χ1v) is 23.1. The number of H-pyrrole nitrogens is 2. The molecular weight excluding hydrogens is 761 g/mol. The van der Waals surface area contributed by atoms with Crippen molar-refractivity contribution in [1.82, 2.24) is 40.4 Å². The normalized spacial score (nSPS) is 19.1. The van der Waals surface area contributed by atoms with E-state index in [1.54, 1.807) is 17.3 Å². The van der Waals surface area contributed by atoms with Gasteiger partial charge in [-0.25, -0.2) is 19.6 Å². The number of alkyl carbamates (subject to hydrolysis) is 2. The number of carbonyl (C=O) groups is 4. The van der Waals surface area contributed by atoms with E-state index in [0.717, 1.165) is 41.4 Å². The van der Waals surface area contributed by atoms with E-state index in [0.29, 0.717) is 47.4 Å². The zero-order chi connectivity index (χ0) is 41.5. The van der Waals surface area contributed by atoms with Crippen LogP contribution in [0.5, 0.6) is 23.0 Å². The van der Waals surface area contributed by atoms with Crippen molar-refractivity contribution < 1.29 is 38.1 Å². The average molecular weight is 813 g/mol. The van der Waals surface area contributed by atoms with Crippen LogP contribution < -0.4 is 20.1 Å². The van der Waals surface area contributed by atoms with Crippen LogP contribution >= 0.6 is 0 Å². The van der Waals surface area contributed by atoms with E-state index in [1.165, 1.54) is 14.2 Å². The third kappa shape index (κ3) is 8.12. The van der Waals surface area contributed by atoms with E-state index in [1.807, 2.05) is 69.0 Å². The molecule has 16 nitrogen and oxygen atoms in total. The highest BCUT2D eigenvalue weighted by Gasteiger charge is 2.46. The van der Waals surface area contributed by atoms with Gasteiger partial charge >= 0.3 is 12.2 Å². The highest BCUT2D eigenvalue weighted by molar-refractivity contribution is 6.78. The maximum Gasteiger partial charge on any atom is 0.407 e. The van der Waals surface area contributed by atoms with Gasteiger partial charge in [0.15, 0.2) is 23.0 Å². The molecule has 3 aliphatic heterocycles. The van der Waals surface area contributed by atoms with Crippen molar-refractivity contribution in [3.05, 3.63) is 60.4 Å². The molecule has 0 unspecified atom stereocenters. The Kier molecular flexibility index (Phi) is 11.3. The topological polar surface area (TPSA) is 193 Å². The van der Waals surface area contributed by atoms with E-state index in [-0.39, 0.29) is 35.7 Å². The van der Waals surface area contributed by atoms with Crippen molar-refractivity contribution in [2.75, 3.05) is 26.9 Å². The van der Waals surface area contributed by atoms with E-state index in [9.17, 15) is 19.2 Å². The van der Waals surface area contributed by atoms with Gasteiger partial charge < -0.3 is 49.3 Å². The lowest BCUT2D eigenvalue weighted by Crippen LogP contribution is -2.52. The number of hydrogen-bond acceptors (Lipinski definition) is 10. The maximum atomic E-state index is 13.9. The Hall–Kier alpha value is -5.84. The SMILES string of the molecule is COC(=O)N[C@H](C(=O)N1CCC[C@H]1c1ncc(-c2ccc3c(c2)Oc2ccc(-c4cnc([C@@H]5C[Si](C)(C)CN5C(=O)[C@@H](NC(=O)OC)C(C)C)[nH]4)cc2O3)[nH]1)C(C)C. The van der Waals surface area contributed by atoms with Crippen LogP contribution in [0.2, 0.25) is 19.1 Å². The van der Waals surface area contributed by atoms with Gasteiger partial charge in [-0.05, 0) is 67.1 Å². The molecule has 0 saturated carbocycles. The van der Waals surface area contributed by atoms with Crippen LogP contribution in [-0.2, 0) is 19.1 Å². The lowest BCUT2D eigenvalue weighted by molar-refractivity contribution is -0.136. The minimum atomic E-state index is -1.79. The number of amides is 4. The molecule has 4 atom stereocenters. The first kappa shape index (κ1) is 40.4. The fourth-order valence-corrected chi connectivity index (χ4v) is 10.9. The fourth-order valence-electron chi connectivity index (χ4n) is 8.04. The molecule has 58 heavy (non-hydrogen) atoms. The van der Waals surface area contributed by atoms with E-state index in [2.05, 4.69) is 38.7 Å². The van der Waals surface area contributed by atoms with Crippen molar-refractivity contribution in [3.63, 3.8) is 0 Å². The van der Waals surface area contributed by atoms with Crippen LogP contribution in [0, 0.1) is 11.8 Å². The maximum absolute atomic E-state index is 13.9. The lowest BCUT2D eigenvalue weighted by atomic mass is 10.0. The third-order valence-corrected chi connectivity index (χ3v) is 13.8. The number of nitrogens with zero attached hydrogens (tertiary/aromatic N) is 4. The Morgan fingerprint density at radius 3 is 1.71 bits per heavy atom. The predicted octanol–water partition coefficient (Wildman–Crippen LogP) is 6.92.